The van der Waals surface area contributed by atoms with E-state index in [2.05, 4.69) is 27.1 Å². The predicted molar refractivity (Wildman–Crippen MR) is 57.3 cm³/mol. The molecule has 1 aromatic rings. The van der Waals surface area contributed by atoms with Crippen LogP contribution in [0.3, 0.4) is 0 Å². The Labute approximate surface area is 91.4 Å². The van der Waals surface area contributed by atoms with Crippen LogP contribution in [-0.4, -0.2) is 17.2 Å². The van der Waals surface area contributed by atoms with E-state index < -0.39 is 5.97 Å². The number of ether oxygens (including phenoxy) is 1. The first-order valence-corrected chi connectivity index (χ1v) is 4.63. The molecular formula is C9H6ClNO2S. The molecule has 0 aliphatic heterocycles. The Morgan fingerprint density at radius 3 is 2.64 bits per heavy atom. The SMILES string of the molecule is O=C(OCCl)c1ccc(N=C=S)cc1. The number of aliphatic imine (C=N–C) groups is 1. The smallest absolute Gasteiger partial charge is 0.339 e. The summed E-state index contributed by atoms with van der Waals surface area (Å²) in [5.41, 5.74) is 1.07. The van der Waals surface area contributed by atoms with Crippen LogP contribution in [0, 0.1) is 0 Å². The van der Waals surface area contributed by atoms with Crippen molar-refractivity contribution in [3.8, 4) is 0 Å². The highest BCUT2D eigenvalue weighted by Gasteiger charge is 2.04. The molecule has 5 heteroatoms. The first kappa shape index (κ1) is 10.9. The van der Waals surface area contributed by atoms with Crippen molar-refractivity contribution in [3.05, 3.63) is 29.8 Å². The van der Waals surface area contributed by atoms with E-state index in [-0.39, 0.29) is 6.07 Å². The fourth-order valence-corrected chi connectivity index (χ4v) is 1.06. The molecule has 72 valence electrons. The van der Waals surface area contributed by atoms with Gasteiger partial charge < -0.3 is 4.74 Å². The number of isothiocyanates is 1. The van der Waals surface area contributed by atoms with Crippen LogP contribution in [-0.2, 0) is 4.74 Å². The number of alkyl halides is 1. The van der Waals surface area contributed by atoms with E-state index >= 15 is 0 Å². The van der Waals surface area contributed by atoms with E-state index in [1.165, 1.54) is 0 Å². The maximum atomic E-state index is 11.1. The highest BCUT2D eigenvalue weighted by Crippen LogP contribution is 2.12. The Hall–Kier alpha value is -1.22. The highest BCUT2D eigenvalue weighted by atomic mass is 35.5. The van der Waals surface area contributed by atoms with Crippen LogP contribution in [0.5, 0.6) is 0 Å². The zero-order valence-electron chi connectivity index (χ0n) is 7.07. The van der Waals surface area contributed by atoms with Crippen LogP contribution in [0.2, 0.25) is 0 Å². The summed E-state index contributed by atoms with van der Waals surface area (Å²) in [4.78, 5) is 14.9. The Balaban J connectivity index is 2.82. The van der Waals surface area contributed by atoms with E-state index in [4.69, 9.17) is 11.6 Å². The topological polar surface area (TPSA) is 38.7 Å². The molecule has 0 atom stereocenters. The zero-order valence-corrected chi connectivity index (χ0v) is 8.64. The fourth-order valence-electron chi connectivity index (χ4n) is 0.858. The molecule has 14 heavy (non-hydrogen) atoms. The maximum absolute atomic E-state index is 11.1. The van der Waals surface area contributed by atoms with E-state index in [0.29, 0.717) is 11.3 Å². The van der Waals surface area contributed by atoms with Crippen molar-refractivity contribution >= 4 is 40.6 Å². The number of nitrogens with zero attached hydrogens (tertiary/aromatic N) is 1. The predicted octanol–water partition coefficient (Wildman–Crippen LogP) is 2.77. The van der Waals surface area contributed by atoms with Crippen LogP contribution >= 0.6 is 23.8 Å². The summed E-state index contributed by atoms with van der Waals surface area (Å²) in [6.07, 6.45) is 0. The number of carbonyl (C=O) groups is 1. The van der Waals surface area contributed by atoms with Gasteiger partial charge in [0.1, 0.15) is 0 Å². The number of carbonyl (C=O) groups excluding carboxylic acids is 1. The summed E-state index contributed by atoms with van der Waals surface area (Å²) in [7, 11) is 0. The van der Waals surface area contributed by atoms with Crippen molar-refractivity contribution in [3.63, 3.8) is 0 Å². The van der Waals surface area contributed by atoms with Gasteiger partial charge >= 0.3 is 5.97 Å². The molecule has 0 saturated carbocycles. The first-order valence-electron chi connectivity index (χ1n) is 3.69. The molecule has 0 aliphatic rings. The number of thiocarbonyl (C=S) groups is 1. The molecular weight excluding hydrogens is 222 g/mol. The van der Waals surface area contributed by atoms with Gasteiger partial charge in [0.15, 0.2) is 6.07 Å². The van der Waals surface area contributed by atoms with Crippen molar-refractivity contribution in [2.45, 2.75) is 0 Å². The molecule has 0 fully saturated rings. The third-order valence-electron chi connectivity index (χ3n) is 1.46. The molecule has 0 N–H and O–H groups in total. The molecule has 0 spiro atoms. The van der Waals surface area contributed by atoms with Crippen LogP contribution in [0.4, 0.5) is 5.69 Å². The number of hydrogen-bond acceptors (Lipinski definition) is 4. The lowest BCUT2D eigenvalue weighted by molar-refractivity contribution is 0.0574. The number of rotatable bonds is 3. The van der Waals surface area contributed by atoms with Crippen LogP contribution in [0.15, 0.2) is 29.3 Å². The average Bonchev–Trinajstić information content (AvgIpc) is 2.20. The molecule has 0 bridgehead atoms. The van der Waals surface area contributed by atoms with E-state index in [1.807, 2.05) is 0 Å². The lowest BCUT2D eigenvalue weighted by atomic mass is 10.2. The Morgan fingerprint density at radius 1 is 1.50 bits per heavy atom. The molecule has 0 heterocycles. The number of esters is 1. The molecule has 0 aromatic heterocycles. The summed E-state index contributed by atoms with van der Waals surface area (Å²) in [6, 6.07) is 6.30. The van der Waals surface area contributed by atoms with Gasteiger partial charge in [0.2, 0.25) is 0 Å². The van der Waals surface area contributed by atoms with Gasteiger partial charge in [-0.05, 0) is 36.5 Å². The van der Waals surface area contributed by atoms with Gasteiger partial charge in [-0.3, -0.25) is 0 Å². The summed E-state index contributed by atoms with van der Waals surface area (Å²) < 4.78 is 4.59. The van der Waals surface area contributed by atoms with Gasteiger partial charge in [-0.1, -0.05) is 11.6 Å². The second-order valence-electron chi connectivity index (χ2n) is 2.29. The summed E-state index contributed by atoms with van der Waals surface area (Å²) in [6.45, 7) is 0. The van der Waals surface area contributed by atoms with Crippen LogP contribution in [0.25, 0.3) is 0 Å². The number of hydrogen-bond donors (Lipinski definition) is 0. The number of benzene rings is 1. The van der Waals surface area contributed by atoms with Gasteiger partial charge in [0, 0.05) is 0 Å². The van der Waals surface area contributed by atoms with Gasteiger partial charge in [-0.2, -0.15) is 4.99 Å². The molecule has 3 nitrogen and oxygen atoms in total. The normalized spacial score (nSPS) is 8.93. The molecule has 0 aliphatic carbocycles. The third kappa shape index (κ3) is 2.92. The lowest BCUT2D eigenvalue weighted by Gasteiger charge is -1.99. The van der Waals surface area contributed by atoms with E-state index in [0.717, 1.165) is 0 Å². The van der Waals surface area contributed by atoms with Gasteiger partial charge in [-0.15, -0.1) is 0 Å². The van der Waals surface area contributed by atoms with E-state index in [1.54, 1.807) is 24.3 Å². The van der Waals surface area contributed by atoms with Gasteiger partial charge in [-0.25, -0.2) is 4.79 Å². The van der Waals surface area contributed by atoms with Crippen molar-refractivity contribution in [2.24, 2.45) is 4.99 Å². The molecule has 0 unspecified atom stereocenters. The quantitative estimate of drug-likeness (QED) is 0.345. The van der Waals surface area contributed by atoms with Crippen LogP contribution in [0.1, 0.15) is 10.4 Å². The van der Waals surface area contributed by atoms with Crippen molar-refractivity contribution < 1.29 is 9.53 Å². The molecule has 1 rings (SSSR count). The Morgan fingerprint density at radius 2 is 2.14 bits per heavy atom. The van der Waals surface area contributed by atoms with Crippen molar-refractivity contribution in [1.82, 2.24) is 0 Å². The first-order chi connectivity index (χ1) is 6.77. The standard InChI is InChI=1S/C9H6ClNO2S/c10-5-13-9(12)7-1-3-8(4-2-7)11-6-14/h1-4H,5H2. The fraction of sp³-hybridized carbons (Fsp3) is 0.111. The maximum Gasteiger partial charge on any atom is 0.339 e. The molecule has 0 amide bonds. The molecule has 0 radical (unpaired) electrons. The summed E-state index contributed by atoms with van der Waals surface area (Å²) in [5.74, 6) is -0.460. The second-order valence-corrected chi connectivity index (χ2v) is 2.69. The third-order valence-corrected chi connectivity index (χ3v) is 1.66. The van der Waals surface area contributed by atoms with Gasteiger partial charge in [0.25, 0.3) is 0 Å². The largest absolute Gasteiger partial charge is 0.446 e. The summed E-state index contributed by atoms with van der Waals surface area (Å²) >= 11 is 9.68. The lowest BCUT2D eigenvalue weighted by Crippen LogP contribution is -2.02. The van der Waals surface area contributed by atoms with Crippen molar-refractivity contribution in [2.75, 3.05) is 6.07 Å². The number of halogens is 1. The molecule has 1 aromatic carbocycles. The monoisotopic (exact) mass is 227 g/mol. The minimum Gasteiger partial charge on any atom is -0.446 e. The van der Waals surface area contributed by atoms with Crippen molar-refractivity contribution in [1.29, 1.82) is 0 Å². The highest BCUT2D eigenvalue weighted by molar-refractivity contribution is 7.78. The minimum atomic E-state index is -0.460. The van der Waals surface area contributed by atoms with Gasteiger partial charge in [0.05, 0.1) is 16.4 Å². The Kier molecular flexibility index (Phi) is 4.26. The zero-order chi connectivity index (χ0) is 10.4. The van der Waals surface area contributed by atoms with E-state index in [9.17, 15) is 4.79 Å². The molecule has 0 saturated heterocycles. The minimum absolute atomic E-state index is 0.154. The summed E-state index contributed by atoms with van der Waals surface area (Å²) in [5, 5.41) is 2.23. The second kappa shape index (κ2) is 5.50. The average molecular weight is 228 g/mol. The Bertz CT molecular complexity index is 371. The van der Waals surface area contributed by atoms with Crippen LogP contribution < -0.4 is 0 Å².